The maximum Gasteiger partial charge on any atom is 0.416 e. The number of piperidine rings is 3. The van der Waals surface area contributed by atoms with Crippen molar-refractivity contribution in [2.24, 2.45) is 5.92 Å². The van der Waals surface area contributed by atoms with Crippen molar-refractivity contribution in [3.63, 3.8) is 0 Å². The summed E-state index contributed by atoms with van der Waals surface area (Å²) in [5.41, 5.74) is -0.633. The summed E-state index contributed by atoms with van der Waals surface area (Å²) in [7, 11) is 0. The van der Waals surface area contributed by atoms with E-state index in [0.29, 0.717) is 11.5 Å². The van der Waals surface area contributed by atoms with Crippen LogP contribution in [0.1, 0.15) is 28.8 Å². The summed E-state index contributed by atoms with van der Waals surface area (Å²) in [4.78, 5) is 27.2. The number of hydrogen-bond acceptors (Lipinski definition) is 3. The van der Waals surface area contributed by atoms with Gasteiger partial charge in [-0.05, 0) is 62.2 Å². The molecule has 148 valence electrons. The van der Waals surface area contributed by atoms with Gasteiger partial charge >= 0.3 is 6.18 Å². The van der Waals surface area contributed by atoms with Gasteiger partial charge in [-0.1, -0.05) is 0 Å². The van der Waals surface area contributed by atoms with Crippen LogP contribution in [-0.2, 0) is 6.18 Å². The van der Waals surface area contributed by atoms with Crippen molar-refractivity contribution in [3.05, 3.63) is 64.1 Å². The summed E-state index contributed by atoms with van der Waals surface area (Å²) < 4.78 is 39.4. The molecule has 5 nitrogen and oxygen atoms in total. The van der Waals surface area contributed by atoms with Crippen LogP contribution in [0.25, 0.3) is 5.69 Å². The Labute approximate surface area is 159 Å². The highest BCUT2D eigenvalue weighted by Gasteiger charge is 2.35. The molecule has 3 aliphatic heterocycles. The van der Waals surface area contributed by atoms with Crippen LogP contribution in [0.5, 0.6) is 0 Å². The number of fused-ring (bicyclic) bond motifs is 3. The molecule has 28 heavy (non-hydrogen) atoms. The minimum atomic E-state index is -4.44. The van der Waals surface area contributed by atoms with Gasteiger partial charge in [0.2, 0.25) is 0 Å². The fourth-order valence-electron chi connectivity index (χ4n) is 4.01. The summed E-state index contributed by atoms with van der Waals surface area (Å²) in [5.74, 6) is 0.189. The third-order valence-electron chi connectivity index (χ3n) is 5.62. The SMILES string of the molecule is O=C(NC1CN2CCC1CC2)c1ccc(=O)n(-c2ccc(C(F)(F)F)cc2)c1. The predicted molar refractivity (Wildman–Crippen MR) is 97.5 cm³/mol. The Hall–Kier alpha value is -2.61. The second-order valence-electron chi connectivity index (χ2n) is 7.39. The number of carbonyl (C=O) groups is 1. The third kappa shape index (κ3) is 3.69. The van der Waals surface area contributed by atoms with Crippen molar-refractivity contribution >= 4 is 5.91 Å². The van der Waals surface area contributed by atoms with E-state index in [4.69, 9.17) is 0 Å². The largest absolute Gasteiger partial charge is 0.416 e. The molecule has 2 aromatic rings. The Kier molecular flexibility index (Phi) is 4.74. The Morgan fingerprint density at radius 2 is 1.71 bits per heavy atom. The molecule has 0 spiro atoms. The summed E-state index contributed by atoms with van der Waals surface area (Å²) in [6, 6.07) is 7.06. The van der Waals surface area contributed by atoms with Gasteiger partial charge in [0, 0.05) is 30.5 Å². The topological polar surface area (TPSA) is 54.3 Å². The molecule has 1 N–H and O–H groups in total. The van der Waals surface area contributed by atoms with E-state index in [-0.39, 0.29) is 17.6 Å². The van der Waals surface area contributed by atoms with Crippen molar-refractivity contribution < 1.29 is 18.0 Å². The molecule has 1 amide bonds. The molecule has 1 unspecified atom stereocenters. The lowest BCUT2D eigenvalue weighted by Crippen LogP contribution is -2.57. The van der Waals surface area contributed by atoms with Crippen LogP contribution < -0.4 is 10.9 Å². The van der Waals surface area contributed by atoms with Gasteiger partial charge in [-0.15, -0.1) is 0 Å². The minimum absolute atomic E-state index is 0.0847. The van der Waals surface area contributed by atoms with E-state index >= 15 is 0 Å². The Bertz CT molecular complexity index is 929. The van der Waals surface area contributed by atoms with Gasteiger partial charge in [-0.3, -0.25) is 14.2 Å². The molecule has 0 saturated carbocycles. The van der Waals surface area contributed by atoms with Gasteiger partial charge in [-0.25, -0.2) is 0 Å². The molecule has 1 aromatic heterocycles. The zero-order valence-electron chi connectivity index (χ0n) is 15.1. The first-order chi connectivity index (χ1) is 13.3. The number of carbonyl (C=O) groups excluding carboxylic acids is 1. The van der Waals surface area contributed by atoms with E-state index < -0.39 is 17.3 Å². The molecule has 0 radical (unpaired) electrons. The maximum atomic E-state index is 12.7. The van der Waals surface area contributed by atoms with Crippen LogP contribution in [0, 0.1) is 5.92 Å². The van der Waals surface area contributed by atoms with Crippen LogP contribution in [0.15, 0.2) is 47.4 Å². The van der Waals surface area contributed by atoms with Crippen molar-refractivity contribution in [1.29, 1.82) is 0 Å². The van der Waals surface area contributed by atoms with Crippen molar-refractivity contribution in [2.45, 2.75) is 25.1 Å². The van der Waals surface area contributed by atoms with E-state index in [9.17, 15) is 22.8 Å². The fourth-order valence-corrected chi connectivity index (χ4v) is 4.01. The number of halogens is 3. The highest BCUT2D eigenvalue weighted by atomic mass is 19.4. The number of hydrogen-bond donors (Lipinski definition) is 1. The summed E-state index contributed by atoms with van der Waals surface area (Å²) in [5, 5.41) is 3.05. The molecule has 0 aliphatic carbocycles. The van der Waals surface area contributed by atoms with Crippen LogP contribution in [0.3, 0.4) is 0 Å². The van der Waals surface area contributed by atoms with Crippen LogP contribution in [-0.4, -0.2) is 41.1 Å². The molecule has 1 atom stereocenters. The lowest BCUT2D eigenvalue weighted by Gasteiger charge is -2.44. The van der Waals surface area contributed by atoms with Gasteiger partial charge in [0.05, 0.1) is 11.1 Å². The second kappa shape index (κ2) is 7.09. The van der Waals surface area contributed by atoms with Gasteiger partial charge in [0.1, 0.15) is 0 Å². The fraction of sp³-hybridized carbons (Fsp3) is 0.400. The summed E-state index contributed by atoms with van der Waals surface area (Å²) in [6.45, 7) is 2.96. The normalized spacial score (nSPS) is 24.2. The first-order valence-electron chi connectivity index (χ1n) is 9.25. The van der Waals surface area contributed by atoms with Crippen molar-refractivity contribution in [1.82, 2.24) is 14.8 Å². The zero-order chi connectivity index (χ0) is 19.9. The molecule has 2 bridgehead atoms. The number of rotatable bonds is 3. The quantitative estimate of drug-likeness (QED) is 0.875. The van der Waals surface area contributed by atoms with E-state index in [0.717, 1.165) is 44.6 Å². The standard InChI is InChI=1S/C20H20F3N3O2/c21-20(22,23)15-2-4-16(5-3-15)26-11-14(1-6-18(26)27)19(28)24-17-12-25-9-7-13(17)8-10-25/h1-6,11,13,17H,7-10,12H2,(H,24,28). The van der Waals surface area contributed by atoms with Crippen LogP contribution in [0.2, 0.25) is 0 Å². The Morgan fingerprint density at radius 1 is 1.04 bits per heavy atom. The van der Waals surface area contributed by atoms with E-state index in [1.807, 2.05) is 0 Å². The highest BCUT2D eigenvalue weighted by Crippen LogP contribution is 2.30. The number of nitrogens with zero attached hydrogens (tertiary/aromatic N) is 2. The lowest BCUT2D eigenvalue weighted by atomic mass is 9.84. The Morgan fingerprint density at radius 3 is 2.29 bits per heavy atom. The van der Waals surface area contributed by atoms with Gasteiger partial charge in [0.25, 0.3) is 11.5 Å². The molecule has 4 heterocycles. The van der Waals surface area contributed by atoms with E-state index in [1.165, 1.54) is 35.0 Å². The van der Waals surface area contributed by atoms with Gasteiger partial charge in [-0.2, -0.15) is 13.2 Å². The third-order valence-corrected chi connectivity index (χ3v) is 5.62. The number of amides is 1. The highest BCUT2D eigenvalue weighted by molar-refractivity contribution is 5.94. The second-order valence-corrected chi connectivity index (χ2v) is 7.39. The number of pyridine rings is 1. The number of benzene rings is 1. The van der Waals surface area contributed by atoms with Crippen molar-refractivity contribution in [3.8, 4) is 5.69 Å². The smallest absolute Gasteiger partial charge is 0.348 e. The molecular weight excluding hydrogens is 371 g/mol. The first-order valence-corrected chi connectivity index (χ1v) is 9.25. The average molecular weight is 391 g/mol. The zero-order valence-corrected chi connectivity index (χ0v) is 15.1. The van der Waals surface area contributed by atoms with Gasteiger partial charge in [0.15, 0.2) is 0 Å². The van der Waals surface area contributed by atoms with Crippen LogP contribution >= 0.6 is 0 Å². The number of aromatic nitrogens is 1. The maximum absolute atomic E-state index is 12.7. The number of nitrogens with one attached hydrogen (secondary N) is 1. The molecule has 3 fully saturated rings. The van der Waals surface area contributed by atoms with Gasteiger partial charge < -0.3 is 10.2 Å². The summed E-state index contributed by atoms with van der Waals surface area (Å²) in [6.07, 6.45) is -0.936. The molecule has 3 saturated heterocycles. The average Bonchev–Trinajstić information content (AvgIpc) is 2.68. The molecular formula is C20H20F3N3O2. The predicted octanol–water partition coefficient (Wildman–Crippen LogP) is 2.68. The lowest BCUT2D eigenvalue weighted by molar-refractivity contribution is -0.137. The molecule has 1 aromatic carbocycles. The number of alkyl halides is 3. The van der Waals surface area contributed by atoms with Crippen molar-refractivity contribution in [2.75, 3.05) is 19.6 Å². The van der Waals surface area contributed by atoms with E-state index in [1.54, 1.807) is 0 Å². The first kappa shape index (κ1) is 18.7. The monoisotopic (exact) mass is 391 g/mol. The summed E-state index contributed by atoms with van der Waals surface area (Å²) >= 11 is 0. The molecule has 3 aliphatic rings. The minimum Gasteiger partial charge on any atom is -0.348 e. The Balaban J connectivity index is 1.55. The molecule has 8 heteroatoms. The van der Waals surface area contributed by atoms with E-state index in [2.05, 4.69) is 10.2 Å². The van der Waals surface area contributed by atoms with Crippen LogP contribution in [0.4, 0.5) is 13.2 Å². The molecule has 5 rings (SSSR count).